The van der Waals surface area contributed by atoms with Gasteiger partial charge in [0.15, 0.2) is 0 Å². The van der Waals surface area contributed by atoms with Gasteiger partial charge in [0.2, 0.25) is 0 Å². The summed E-state index contributed by atoms with van der Waals surface area (Å²) >= 11 is 0. The van der Waals surface area contributed by atoms with Crippen molar-refractivity contribution in [2.75, 3.05) is 0 Å². The molecule has 0 saturated carbocycles. The van der Waals surface area contributed by atoms with Crippen molar-refractivity contribution in [2.45, 2.75) is 33.6 Å². The smallest absolute Gasteiger partial charge is 0.0262 e. The molecule has 0 aromatic rings. The fraction of sp³-hybridized carbons (Fsp3) is 0.750. The maximum Gasteiger partial charge on any atom is -0.0262 e. The lowest BCUT2D eigenvalue weighted by Gasteiger charge is -1.99. The Bertz CT molecular complexity index is 62.4. The number of hydrogen-bond donors (Lipinski definition) is 0. The SMILES string of the molecule is C/C=C/[C@@H](C)CCC. The van der Waals surface area contributed by atoms with Crippen molar-refractivity contribution in [1.82, 2.24) is 0 Å². The molecule has 0 aromatic heterocycles. The standard InChI is InChI=1S/C8H16/c1-4-6-8(3)7-5-2/h4,6,8H,5,7H2,1-3H3/b6-4+/t8-/m1/s1. The molecule has 0 bridgehead atoms. The Morgan fingerprint density at radius 1 is 1.50 bits per heavy atom. The minimum Gasteiger partial charge on any atom is -0.0914 e. The van der Waals surface area contributed by atoms with E-state index in [1.165, 1.54) is 12.8 Å². The van der Waals surface area contributed by atoms with Crippen molar-refractivity contribution in [1.29, 1.82) is 0 Å². The highest BCUT2D eigenvalue weighted by Crippen LogP contribution is 2.05. The molecule has 1 atom stereocenters. The molecule has 0 radical (unpaired) electrons. The molecule has 0 spiro atoms. The van der Waals surface area contributed by atoms with Crippen LogP contribution in [0.3, 0.4) is 0 Å². The van der Waals surface area contributed by atoms with E-state index in [4.69, 9.17) is 0 Å². The van der Waals surface area contributed by atoms with Crippen molar-refractivity contribution in [3.8, 4) is 0 Å². The molecule has 0 fully saturated rings. The molecule has 8 heavy (non-hydrogen) atoms. The molecule has 48 valence electrons. The largest absolute Gasteiger partial charge is 0.0914 e. The minimum absolute atomic E-state index is 0.782. The molecular weight excluding hydrogens is 96.1 g/mol. The van der Waals surface area contributed by atoms with Crippen LogP contribution in [-0.4, -0.2) is 0 Å². The Morgan fingerprint density at radius 2 is 2.12 bits per heavy atom. The molecular formula is C8H16. The van der Waals surface area contributed by atoms with Crippen LogP contribution in [0.25, 0.3) is 0 Å². The van der Waals surface area contributed by atoms with Crippen molar-refractivity contribution >= 4 is 0 Å². The summed E-state index contributed by atoms with van der Waals surface area (Å²) in [5.74, 6) is 0.782. The highest BCUT2D eigenvalue weighted by Gasteiger charge is 1.90. The van der Waals surface area contributed by atoms with E-state index in [0.717, 1.165) is 5.92 Å². The van der Waals surface area contributed by atoms with E-state index in [0.29, 0.717) is 0 Å². The topological polar surface area (TPSA) is 0 Å². The molecule has 0 aromatic carbocycles. The first-order chi connectivity index (χ1) is 3.81. The summed E-state index contributed by atoms with van der Waals surface area (Å²) in [5, 5.41) is 0. The molecule has 0 rings (SSSR count). The van der Waals surface area contributed by atoms with Gasteiger partial charge in [-0.3, -0.25) is 0 Å². The zero-order valence-electron chi connectivity index (χ0n) is 6.15. The predicted molar refractivity (Wildman–Crippen MR) is 38.9 cm³/mol. The second kappa shape index (κ2) is 4.89. The summed E-state index contributed by atoms with van der Waals surface area (Å²) in [7, 11) is 0. The van der Waals surface area contributed by atoms with E-state index in [1.54, 1.807) is 0 Å². The Morgan fingerprint density at radius 3 is 2.50 bits per heavy atom. The van der Waals surface area contributed by atoms with Gasteiger partial charge in [0.25, 0.3) is 0 Å². The highest BCUT2D eigenvalue weighted by molar-refractivity contribution is 4.82. The predicted octanol–water partition coefficient (Wildman–Crippen LogP) is 3.00. The van der Waals surface area contributed by atoms with Crippen LogP contribution in [0.1, 0.15) is 33.6 Å². The van der Waals surface area contributed by atoms with Crippen molar-refractivity contribution < 1.29 is 0 Å². The zero-order chi connectivity index (χ0) is 6.41. The van der Waals surface area contributed by atoms with E-state index < -0.39 is 0 Å². The average Bonchev–Trinajstić information content (AvgIpc) is 1.68. The molecule has 0 unspecified atom stereocenters. The van der Waals surface area contributed by atoms with E-state index in [9.17, 15) is 0 Å². The molecule has 0 N–H and O–H groups in total. The maximum absolute atomic E-state index is 2.25. The molecule has 0 aliphatic heterocycles. The summed E-state index contributed by atoms with van der Waals surface area (Å²) in [6, 6.07) is 0. The van der Waals surface area contributed by atoms with Crippen LogP contribution >= 0.6 is 0 Å². The second-order valence-corrected chi connectivity index (χ2v) is 2.29. The lowest BCUT2D eigenvalue weighted by Crippen LogP contribution is -1.85. The monoisotopic (exact) mass is 112 g/mol. The van der Waals surface area contributed by atoms with Crippen LogP contribution in [0, 0.1) is 5.92 Å². The van der Waals surface area contributed by atoms with Crippen LogP contribution in [0.2, 0.25) is 0 Å². The first-order valence-corrected chi connectivity index (χ1v) is 3.44. The van der Waals surface area contributed by atoms with Gasteiger partial charge in [0.1, 0.15) is 0 Å². The highest BCUT2D eigenvalue weighted by atomic mass is 14.0. The Kier molecular flexibility index (Phi) is 4.73. The quantitative estimate of drug-likeness (QED) is 0.492. The zero-order valence-corrected chi connectivity index (χ0v) is 6.15. The van der Waals surface area contributed by atoms with Crippen LogP contribution in [0.15, 0.2) is 12.2 Å². The maximum atomic E-state index is 2.25. The molecule has 0 heterocycles. The summed E-state index contributed by atoms with van der Waals surface area (Å²) in [5.41, 5.74) is 0. The Balaban J connectivity index is 3.17. The van der Waals surface area contributed by atoms with E-state index in [2.05, 4.69) is 32.9 Å². The van der Waals surface area contributed by atoms with Crippen molar-refractivity contribution in [2.24, 2.45) is 5.92 Å². The summed E-state index contributed by atoms with van der Waals surface area (Å²) in [4.78, 5) is 0. The van der Waals surface area contributed by atoms with Gasteiger partial charge in [-0.15, -0.1) is 0 Å². The third-order valence-corrected chi connectivity index (χ3v) is 1.26. The number of allylic oxidation sites excluding steroid dienone is 2. The van der Waals surface area contributed by atoms with Gasteiger partial charge in [-0.05, 0) is 19.3 Å². The Labute approximate surface area is 52.6 Å². The molecule has 0 aliphatic rings. The molecule has 0 heteroatoms. The number of hydrogen-bond acceptors (Lipinski definition) is 0. The van der Waals surface area contributed by atoms with Crippen LogP contribution in [-0.2, 0) is 0 Å². The van der Waals surface area contributed by atoms with Gasteiger partial charge < -0.3 is 0 Å². The fourth-order valence-electron chi connectivity index (χ4n) is 0.880. The normalized spacial score (nSPS) is 14.9. The van der Waals surface area contributed by atoms with Gasteiger partial charge in [-0.25, -0.2) is 0 Å². The van der Waals surface area contributed by atoms with Gasteiger partial charge >= 0.3 is 0 Å². The first kappa shape index (κ1) is 7.74. The molecule has 0 amide bonds. The van der Waals surface area contributed by atoms with Crippen molar-refractivity contribution in [3.63, 3.8) is 0 Å². The van der Waals surface area contributed by atoms with Crippen LogP contribution < -0.4 is 0 Å². The first-order valence-electron chi connectivity index (χ1n) is 3.44. The summed E-state index contributed by atoms with van der Waals surface area (Å²) in [6.07, 6.45) is 7.00. The summed E-state index contributed by atoms with van der Waals surface area (Å²) in [6.45, 7) is 6.55. The van der Waals surface area contributed by atoms with Crippen LogP contribution in [0.4, 0.5) is 0 Å². The van der Waals surface area contributed by atoms with E-state index in [-0.39, 0.29) is 0 Å². The van der Waals surface area contributed by atoms with Crippen molar-refractivity contribution in [3.05, 3.63) is 12.2 Å². The molecule has 0 saturated heterocycles. The van der Waals surface area contributed by atoms with Crippen LogP contribution in [0.5, 0.6) is 0 Å². The fourth-order valence-corrected chi connectivity index (χ4v) is 0.880. The summed E-state index contributed by atoms with van der Waals surface area (Å²) < 4.78 is 0. The average molecular weight is 112 g/mol. The third-order valence-electron chi connectivity index (χ3n) is 1.26. The number of rotatable bonds is 3. The van der Waals surface area contributed by atoms with Gasteiger partial charge in [0.05, 0.1) is 0 Å². The van der Waals surface area contributed by atoms with E-state index >= 15 is 0 Å². The molecule has 0 aliphatic carbocycles. The van der Waals surface area contributed by atoms with Gasteiger partial charge in [-0.2, -0.15) is 0 Å². The minimum atomic E-state index is 0.782. The lowest BCUT2D eigenvalue weighted by molar-refractivity contribution is 0.633. The second-order valence-electron chi connectivity index (χ2n) is 2.29. The van der Waals surface area contributed by atoms with Gasteiger partial charge in [-0.1, -0.05) is 32.4 Å². The Hall–Kier alpha value is -0.260. The van der Waals surface area contributed by atoms with Gasteiger partial charge in [0, 0.05) is 0 Å². The van der Waals surface area contributed by atoms with E-state index in [1.807, 2.05) is 0 Å². The third kappa shape index (κ3) is 3.91. The lowest BCUT2D eigenvalue weighted by atomic mass is 10.1. The molecule has 0 nitrogen and oxygen atoms in total.